The van der Waals surface area contributed by atoms with Gasteiger partial charge in [-0.15, -0.1) is 0 Å². The lowest BCUT2D eigenvalue weighted by Crippen LogP contribution is -2.58. The van der Waals surface area contributed by atoms with Crippen molar-refractivity contribution in [1.82, 2.24) is 16.0 Å². The van der Waals surface area contributed by atoms with Gasteiger partial charge in [0, 0.05) is 0 Å². The number of unbranched alkanes of at least 4 members (excludes halogenated alkanes) is 1. The van der Waals surface area contributed by atoms with E-state index < -0.39 is 60.2 Å². The van der Waals surface area contributed by atoms with Crippen LogP contribution < -0.4 is 33.2 Å². The number of nitrogens with two attached hydrogens (primary N) is 3. The zero-order valence-corrected chi connectivity index (χ0v) is 19.9. The molecule has 0 bridgehead atoms. The van der Waals surface area contributed by atoms with Gasteiger partial charge in [-0.25, -0.2) is 4.79 Å². The number of hydrogen-bond donors (Lipinski definition) is 7. The van der Waals surface area contributed by atoms with Crippen molar-refractivity contribution >= 4 is 29.6 Å². The number of hydrogen-bond acceptors (Lipinski definition) is 7. The molecule has 0 rings (SSSR count). The lowest BCUT2D eigenvalue weighted by molar-refractivity contribution is -0.144. The molecule has 12 nitrogen and oxygen atoms in total. The van der Waals surface area contributed by atoms with Crippen LogP contribution in [0, 0.1) is 11.8 Å². The number of primary amides is 1. The van der Waals surface area contributed by atoms with Crippen molar-refractivity contribution in [3.05, 3.63) is 0 Å². The quantitative estimate of drug-likeness (QED) is 0.131. The fourth-order valence-corrected chi connectivity index (χ4v) is 2.95. The van der Waals surface area contributed by atoms with Crippen LogP contribution in [0.25, 0.3) is 0 Å². The molecule has 0 aliphatic carbocycles. The molecule has 0 spiro atoms. The van der Waals surface area contributed by atoms with Crippen molar-refractivity contribution in [2.75, 3.05) is 6.54 Å². The van der Waals surface area contributed by atoms with Gasteiger partial charge in [-0.05, 0) is 37.6 Å². The summed E-state index contributed by atoms with van der Waals surface area (Å²) in [6.07, 6.45) is 1.28. The predicted molar refractivity (Wildman–Crippen MR) is 122 cm³/mol. The molecule has 5 unspecified atom stereocenters. The Morgan fingerprint density at radius 2 is 1.42 bits per heavy atom. The summed E-state index contributed by atoms with van der Waals surface area (Å²) < 4.78 is 0. The van der Waals surface area contributed by atoms with E-state index in [9.17, 15) is 29.1 Å². The molecule has 0 fully saturated rings. The third kappa shape index (κ3) is 11.1. The van der Waals surface area contributed by atoms with Gasteiger partial charge >= 0.3 is 5.97 Å². The van der Waals surface area contributed by atoms with Gasteiger partial charge in [-0.2, -0.15) is 0 Å². The van der Waals surface area contributed by atoms with Crippen molar-refractivity contribution in [2.24, 2.45) is 29.0 Å². The van der Waals surface area contributed by atoms with Gasteiger partial charge in [0.05, 0.1) is 12.5 Å². The Hall–Kier alpha value is -2.73. The Morgan fingerprint density at radius 3 is 1.88 bits per heavy atom. The molecule has 5 atom stereocenters. The molecule has 0 heterocycles. The molecule has 0 aromatic carbocycles. The maximum absolute atomic E-state index is 12.9. The predicted octanol–water partition coefficient (Wildman–Crippen LogP) is -1.44. The Labute approximate surface area is 194 Å². The van der Waals surface area contributed by atoms with Gasteiger partial charge in [0.25, 0.3) is 0 Å². The molecule has 0 saturated carbocycles. The molecule has 0 radical (unpaired) electrons. The maximum Gasteiger partial charge on any atom is 0.326 e. The van der Waals surface area contributed by atoms with Crippen LogP contribution in [0.3, 0.4) is 0 Å². The number of amides is 4. The normalized spacial score (nSPS) is 15.6. The molecule has 0 aliphatic heterocycles. The van der Waals surface area contributed by atoms with Crippen LogP contribution in [0.1, 0.15) is 59.8 Å². The van der Waals surface area contributed by atoms with E-state index in [0.29, 0.717) is 25.8 Å². The van der Waals surface area contributed by atoms with E-state index in [1.165, 1.54) is 0 Å². The molecule has 0 saturated heterocycles. The molecular formula is C21H40N6O6. The first-order valence-corrected chi connectivity index (χ1v) is 11.2. The number of nitrogens with one attached hydrogen (secondary N) is 3. The van der Waals surface area contributed by atoms with Crippen molar-refractivity contribution in [1.29, 1.82) is 0 Å². The highest BCUT2D eigenvalue weighted by atomic mass is 16.4. The third-order valence-electron chi connectivity index (χ3n) is 5.42. The fraction of sp³-hybridized carbons (Fsp3) is 0.762. The van der Waals surface area contributed by atoms with E-state index in [-0.39, 0.29) is 18.3 Å². The minimum Gasteiger partial charge on any atom is -0.480 e. The van der Waals surface area contributed by atoms with Crippen molar-refractivity contribution < 1.29 is 29.1 Å². The number of carbonyl (C=O) groups excluding carboxylic acids is 4. The van der Waals surface area contributed by atoms with Gasteiger partial charge in [0.2, 0.25) is 23.6 Å². The Balaban J connectivity index is 5.59. The highest BCUT2D eigenvalue weighted by Crippen LogP contribution is 2.10. The molecule has 4 amide bonds. The summed E-state index contributed by atoms with van der Waals surface area (Å²) in [5.74, 6) is -4.71. The van der Waals surface area contributed by atoms with Crippen LogP contribution in [0.2, 0.25) is 0 Å². The standard InChI is InChI=1S/C21H40N6O6/c1-5-12(4)17(21(32)33)27-18(29)13(8-6-7-9-22)25-19(30)14(10-15(23)28)26-20(31)16(24)11(2)3/h11-14,16-17H,5-10,22,24H2,1-4H3,(H2,23,28)(H,25,30)(H,26,31)(H,27,29)(H,32,33). The van der Waals surface area contributed by atoms with Crippen molar-refractivity contribution in [3.63, 3.8) is 0 Å². The highest BCUT2D eigenvalue weighted by Gasteiger charge is 2.32. The average molecular weight is 473 g/mol. The lowest BCUT2D eigenvalue weighted by Gasteiger charge is -2.26. The monoisotopic (exact) mass is 472 g/mol. The smallest absolute Gasteiger partial charge is 0.326 e. The van der Waals surface area contributed by atoms with E-state index in [1.54, 1.807) is 27.7 Å². The van der Waals surface area contributed by atoms with Gasteiger partial charge in [0.15, 0.2) is 0 Å². The van der Waals surface area contributed by atoms with E-state index >= 15 is 0 Å². The number of carboxylic acid groups (broad SMARTS) is 1. The molecule has 0 aromatic heterocycles. The van der Waals surface area contributed by atoms with Gasteiger partial charge in [0.1, 0.15) is 18.1 Å². The Kier molecular flexibility index (Phi) is 13.9. The number of aliphatic carboxylic acids is 1. The summed E-state index contributed by atoms with van der Waals surface area (Å²) in [6.45, 7) is 7.31. The van der Waals surface area contributed by atoms with Crippen LogP contribution in [-0.2, 0) is 24.0 Å². The van der Waals surface area contributed by atoms with Crippen LogP contribution >= 0.6 is 0 Å². The fourth-order valence-electron chi connectivity index (χ4n) is 2.95. The van der Waals surface area contributed by atoms with E-state index in [1.807, 2.05) is 0 Å². The number of carboxylic acids is 1. The second kappa shape index (κ2) is 15.2. The number of carbonyl (C=O) groups is 5. The van der Waals surface area contributed by atoms with Crippen LogP contribution in [0.5, 0.6) is 0 Å². The summed E-state index contributed by atoms with van der Waals surface area (Å²) in [6, 6.07) is -4.49. The summed E-state index contributed by atoms with van der Waals surface area (Å²) in [5.41, 5.74) is 16.5. The summed E-state index contributed by atoms with van der Waals surface area (Å²) in [7, 11) is 0. The summed E-state index contributed by atoms with van der Waals surface area (Å²) in [5, 5.41) is 16.8. The minimum absolute atomic E-state index is 0.185. The third-order valence-corrected chi connectivity index (χ3v) is 5.42. The zero-order valence-electron chi connectivity index (χ0n) is 19.9. The van der Waals surface area contributed by atoms with E-state index in [2.05, 4.69) is 16.0 Å². The largest absolute Gasteiger partial charge is 0.480 e. The maximum atomic E-state index is 12.9. The molecule has 190 valence electrons. The SMILES string of the molecule is CCC(C)C(NC(=O)C(CCCCN)NC(=O)C(CC(N)=O)NC(=O)C(N)C(C)C)C(=O)O. The summed E-state index contributed by atoms with van der Waals surface area (Å²) >= 11 is 0. The second-order valence-electron chi connectivity index (χ2n) is 8.56. The van der Waals surface area contributed by atoms with Crippen LogP contribution in [0.15, 0.2) is 0 Å². The number of rotatable bonds is 16. The Morgan fingerprint density at radius 1 is 0.879 bits per heavy atom. The van der Waals surface area contributed by atoms with Crippen molar-refractivity contribution in [3.8, 4) is 0 Å². The van der Waals surface area contributed by atoms with E-state index in [4.69, 9.17) is 17.2 Å². The first kappa shape index (κ1) is 30.3. The zero-order chi connectivity index (χ0) is 25.7. The van der Waals surface area contributed by atoms with Gasteiger partial charge in [-0.3, -0.25) is 19.2 Å². The van der Waals surface area contributed by atoms with Gasteiger partial charge in [-0.1, -0.05) is 34.1 Å². The van der Waals surface area contributed by atoms with Gasteiger partial charge < -0.3 is 38.3 Å². The lowest BCUT2D eigenvalue weighted by atomic mass is 9.98. The molecule has 33 heavy (non-hydrogen) atoms. The van der Waals surface area contributed by atoms with E-state index in [0.717, 1.165) is 0 Å². The van der Waals surface area contributed by atoms with Crippen molar-refractivity contribution in [2.45, 2.75) is 84.0 Å². The molecule has 0 aromatic rings. The molecule has 0 aliphatic rings. The highest BCUT2D eigenvalue weighted by molar-refractivity contribution is 5.96. The molecule has 10 N–H and O–H groups in total. The Bertz CT molecular complexity index is 686. The topological polar surface area (TPSA) is 220 Å². The first-order valence-electron chi connectivity index (χ1n) is 11.2. The first-order chi connectivity index (χ1) is 15.3. The second-order valence-corrected chi connectivity index (χ2v) is 8.56. The average Bonchev–Trinajstić information content (AvgIpc) is 2.74. The molecular weight excluding hydrogens is 432 g/mol. The molecule has 12 heteroatoms. The van der Waals surface area contributed by atoms with Crippen LogP contribution in [-0.4, -0.2) is 65.4 Å². The van der Waals surface area contributed by atoms with Crippen LogP contribution in [0.4, 0.5) is 0 Å². The summed E-state index contributed by atoms with van der Waals surface area (Å²) in [4.78, 5) is 61.1. The minimum atomic E-state index is -1.34.